The Kier molecular flexibility index (Phi) is 3.35. The zero-order valence-electron chi connectivity index (χ0n) is 5.75. The van der Waals surface area contributed by atoms with E-state index >= 15 is 0 Å². The lowest BCUT2D eigenvalue weighted by atomic mass is 10.2. The van der Waals surface area contributed by atoms with Crippen molar-refractivity contribution in [2.75, 3.05) is 13.1 Å². The highest BCUT2D eigenvalue weighted by Gasteiger charge is 2.11. The fourth-order valence-corrected chi connectivity index (χ4v) is 1.47. The van der Waals surface area contributed by atoms with Crippen molar-refractivity contribution in [3.8, 4) is 0 Å². The van der Waals surface area contributed by atoms with Crippen LogP contribution in [0.5, 0.6) is 0 Å². The topological polar surface area (TPSA) is 49.8 Å². The van der Waals surface area contributed by atoms with Crippen molar-refractivity contribution in [3.63, 3.8) is 0 Å². The Morgan fingerprint density at radius 2 is 1.90 bits per heavy atom. The van der Waals surface area contributed by atoms with Crippen LogP contribution in [0.4, 0.5) is 0 Å². The molecule has 1 unspecified atom stereocenters. The largest absolute Gasteiger partial charge is 0.333 e. The van der Waals surface area contributed by atoms with Gasteiger partial charge in [0.1, 0.15) is 0 Å². The predicted molar refractivity (Wildman–Crippen MR) is 37.7 cm³/mol. The summed E-state index contributed by atoms with van der Waals surface area (Å²) in [6, 6.07) is 0. The molecule has 0 saturated carbocycles. The Bertz CT molecular complexity index is 124. The Labute approximate surface area is 60.7 Å². The first-order chi connectivity index (χ1) is 4.79. The molecule has 10 heavy (non-hydrogen) atoms. The van der Waals surface area contributed by atoms with E-state index in [1.54, 1.807) is 5.06 Å². The molecule has 1 N–H and O–H groups in total. The summed E-state index contributed by atoms with van der Waals surface area (Å²) in [5.74, 6) is 0. The van der Waals surface area contributed by atoms with Crippen molar-refractivity contribution < 1.29 is 14.1 Å². The molecule has 0 aromatic carbocycles. The smallest absolute Gasteiger partial charge is 0.325 e. The van der Waals surface area contributed by atoms with E-state index in [2.05, 4.69) is 4.62 Å². The van der Waals surface area contributed by atoms with Gasteiger partial charge in [0, 0.05) is 13.1 Å². The van der Waals surface area contributed by atoms with E-state index in [4.69, 9.17) is 4.89 Å². The minimum atomic E-state index is -2.76. The van der Waals surface area contributed by atoms with E-state index in [1.165, 1.54) is 6.42 Å². The molecule has 1 heterocycles. The molecule has 1 atom stereocenters. The lowest BCUT2D eigenvalue weighted by Gasteiger charge is -2.23. The molecule has 0 aliphatic carbocycles. The van der Waals surface area contributed by atoms with Gasteiger partial charge in [-0.15, -0.1) is 0 Å². The van der Waals surface area contributed by atoms with Crippen LogP contribution in [-0.2, 0) is 9.19 Å². The predicted octanol–water partition coefficient (Wildman–Crippen LogP) is 0.786. The summed E-state index contributed by atoms with van der Waals surface area (Å²) in [5, 5.41) is 1.57. The summed E-state index contributed by atoms with van der Waals surface area (Å²) >= 11 is 0. The monoisotopic (exact) mass is 165 g/mol. The first kappa shape index (κ1) is 8.21. The second-order valence-corrected chi connectivity index (χ2v) is 3.06. The van der Waals surface area contributed by atoms with Crippen LogP contribution >= 0.6 is 8.25 Å². The molecule has 1 fully saturated rings. The molecule has 4 nitrogen and oxygen atoms in total. The van der Waals surface area contributed by atoms with Crippen LogP contribution in [0.15, 0.2) is 0 Å². The van der Waals surface area contributed by atoms with E-state index in [1.807, 2.05) is 0 Å². The third-order valence-electron chi connectivity index (χ3n) is 1.52. The van der Waals surface area contributed by atoms with Crippen LogP contribution in [0.3, 0.4) is 0 Å². The van der Waals surface area contributed by atoms with Crippen molar-refractivity contribution >= 4 is 8.25 Å². The minimum Gasteiger partial charge on any atom is -0.325 e. The summed E-state index contributed by atoms with van der Waals surface area (Å²) in [7, 11) is -2.76. The lowest BCUT2D eigenvalue weighted by molar-refractivity contribution is -0.0733. The average Bonchev–Trinajstić information content (AvgIpc) is 1.88. The van der Waals surface area contributed by atoms with Crippen LogP contribution in [0.1, 0.15) is 19.3 Å². The second-order valence-electron chi connectivity index (χ2n) is 2.35. The van der Waals surface area contributed by atoms with Gasteiger partial charge in [-0.25, -0.2) is 4.62 Å². The molecule has 1 saturated heterocycles. The summed E-state index contributed by atoms with van der Waals surface area (Å²) in [6.45, 7) is 1.58. The summed E-state index contributed by atoms with van der Waals surface area (Å²) < 4.78 is 14.8. The number of hydrogen-bond acceptors (Lipinski definition) is 3. The van der Waals surface area contributed by atoms with E-state index in [-0.39, 0.29) is 0 Å². The van der Waals surface area contributed by atoms with Crippen LogP contribution in [0, 0.1) is 0 Å². The van der Waals surface area contributed by atoms with Gasteiger partial charge in [-0.2, -0.15) is 5.06 Å². The number of hydroxylamine groups is 2. The van der Waals surface area contributed by atoms with Crippen molar-refractivity contribution in [1.29, 1.82) is 0 Å². The minimum absolute atomic E-state index is 0.789. The number of hydrogen-bond donors (Lipinski definition) is 1. The number of piperidine rings is 1. The molecule has 0 amide bonds. The number of rotatable bonds is 2. The molecule has 1 aliphatic heterocycles. The Balaban J connectivity index is 2.19. The molecule has 0 bridgehead atoms. The highest BCUT2D eigenvalue weighted by molar-refractivity contribution is 7.32. The van der Waals surface area contributed by atoms with Gasteiger partial charge in [-0.3, -0.25) is 4.57 Å². The molecule has 0 aromatic rings. The van der Waals surface area contributed by atoms with Crippen LogP contribution in [-0.4, -0.2) is 23.0 Å². The molecular formula is C5H12NO3P. The zero-order valence-corrected chi connectivity index (χ0v) is 6.75. The van der Waals surface area contributed by atoms with E-state index in [0.29, 0.717) is 0 Å². The molecule has 1 rings (SSSR count). The van der Waals surface area contributed by atoms with Gasteiger partial charge in [0.15, 0.2) is 0 Å². The van der Waals surface area contributed by atoms with Crippen LogP contribution < -0.4 is 0 Å². The lowest BCUT2D eigenvalue weighted by Crippen LogP contribution is -2.27. The van der Waals surface area contributed by atoms with E-state index in [0.717, 1.165) is 25.9 Å². The summed E-state index contributed by atoms with van der Waals surface area (Å²) in [4.78, 5) is 8.39. The summed E-state index contributed by atoms with van der Waals surface area (Å²) in [6.07, 6.45) is 3.33. The van der Waals surface area contributed by atoms with Crippen LogP contribution in [0.2, 0.25) is 0 Å². The molecule has 0 spiro atoms. The molecule has 0 aromatic heterocycles. The molecule has 5 heteroatoms. The van der Waals surface area contributed by atoms with Gasteiger partial charge in [0.2, 0.25) is 0 Å². The fourth-order valence-electron chi connectivity index (χ4n) is 1.07. The first-order valence-electron chi connectivity index (χ1n) is 3.45. The maximum Gasteiger partial charge on any atom is 0.333 e. The molecular weight excluding hydrogens is 153 g/mol. The van der Waals surface area contributed by atoms with Gasteiger partial charge in [0.05, 0.1) is 0 Å². The van der Waals surface area contributed by atoms with E-state index < -0.39 is 8.25 Å². The Morgan fingerprint density at radius 3 is 2.40 bits per heavy atom. The molecule has 1 aliphatic rings. The maximum absolute atomic E-state index is 10.2. The van der Waals surface area contributed by atoms with Crippen molar-refractivity contribution in [2.24, 2.45) is 0 Å². The normalized spacial score (nSPS) is 24.5. The first-order valence-corrected chi connectivity index (χ1v) is 4.71. The Hall–Kier alpha value is 0.110. The van der Waals surface area contributed by atoms with Gasteiger partial charge in [0.25, 0.3) is 0 Å². The SMILES string of the molecule is O=[PH](O)ON1CCCCC1. The van der Waals surface area contributed by atoms with Crippen molar-refractivity contribution in [2.45, 2.75) is 19.3 Å². The van der Waals surface area contributed by atoms with Gasteiger partial charge in [-0.05, 0) is 12.8 Å². The van der Waals surface area contributed by atoms with Gasteiger partial charge in [-0.1, -0.05) is 6.42 Å². The quantitative estimate of drug-likeness (QED) is 0.614. The third kappa shape index (κ3) is 2.80. The summed E-state index contributed by atoms with van der Waals surface area (Å²) in [5.41, 5.74) is 0. The van der Waals surface area contributed by atoms with Crippen LogP contribution in [0.25, 0.3) is 0 Å². The zero-order chi connectivity index (χ0) is 7.40. The Morgan fingerprint density at radius 1 is 1.30 bits per heavy atom. The number of nitrogens with zero attached hydrogens (tertiary/aromatic N) is 1. The molecule has 60 valence electrons. The maximum atomic E-state index is 10.2. The van der Waals surface area contributed by atoms with Gasteiger partial charge >= 0.3 is 8.25 Å². The fraction of sp³-hybridized carbons (Fsp3) is 1.00. The average molecular weight is 165 g/mol. The molecule has 0 radical (unpaired) electrons. The third-order valence-corrected chi connectivity index (χ3v) is 1.94. The van der Waals surface area contributed by atoms with Crippen molar-refractivity contribution in [3.05, 3.63) is 0 Å². The highest BCUT2D eigenvalue weighted by atomic mass is 31.1. The van der Waals surface area contributed by atoms with E-state index in [9.17, 15) is 4.57 Å². The standard InChI is InChI=1S/C5H12NO3P/c7-10(8)9-6-4-2-1-3-5-6/h10H,1-5H2,(H,7,8). The highest BCUT2D eigenvalue weighted by Crippen LogP contribution is 2.20. The van der Waals surface area contributed by atoms with Gasteiger partial charge < -0.3 is 4.89 Å². The van der Waals surface area contributed by atoms with Crippen molar-refractivity contribution in [1.82, 2.24) is 5.06 Å². The second kappa shape index (κ2) is 4.09.